The first-order chi connectivity index (χ1) is 6.67. The predicted octanol–water partition coefficient (Wildman–Crippen LogP) is 2.09. The number of piperidine rings is 1. The minimum atomic E-state index is 0.401. The summed E-state index contributed by atoms with van der Waals surface area (Å²) in [5, 5.41) is 0. The molecule has 14 heavy (non-hydrogen) atoms. The van der Waals surface area contributed by atoms with Gasteiger partial charge < -0.3 is 10.6 Å². The van der Waals surface area contributed by atoms with Gasteiger partial charge in [0.15, 0.2) is 0 Å². The minimum Gasteiger partial charge on any atom is -0.326 e. The lowest BCUT2D eigenvalue weighted by Crippen LogP contribution is -2.48. The van der Waals surface area contributed by atoms with Crippen molar-refractivity contribution >= 4 is 0 Å². The fourth-order valence-electron chi connectivity index (χ4n) is 2.25. The summed E-state index contributed by atoms with van der Waals surface area (Å²) in [5.74, 6) is 1.59. The molecule has 1 heterocycles. The van der Waals surface area contributed by atoms with Crippen molar-refractivity contribution in [2.45, 2.75) is 46.1 Å². The van der Waals surface area contributed by atoms with E-state index in [9.17, 15) is 0 Å². The van der Waals surface area contributed by atoms with Crippen LogP contribution in [0.15, 0.2) is 0 Å². The second kappa shape index (κ2) is 5.72. The van der Waals surface area contributed by atoms with Gasteiger partial charge in [-0.2, -0.15) is 0 Å². The Hall–Kier alpha value is -0.0800. The molecule has 2 unspecified atom stereocenters. The molecule has 1 aliphatic rings. The van der Waals surface area contributed by atoms with Gasteiger partial charge in [0.1, 0.15) is 0 Å². The Kier molecular flexibility index (Phi) is 4.90. The Morgan fingerprint density at radius 2 is 2.00 bits per heavy atom. The highest BCUT2D eigenvalue weighted by Crippen LogP contribution is 2.18. The van der Waals surface area contributed by atoms with E-state index in [-0.39, 0.29) is 0 Å². The standard InChI is InChI=1S/C12H26N2/c1-4-11(5-2)8-14-7-6-10(3)12(13)9-14/h10-12H,4-9,13H2,1-3H3. The first kappa shape index (κ1) is 12.0. The molecule has 1 rings (SSSR count). The van der Waals surface area contributed by atoms with Gasteiger partial charge in [0, 0.05) is 19.1 Å². The maximum atomic E-state index is 6.09. The molecule has 0 radical (unpaired) electrons. The first-order valence-corrected chi connectivity index (χ1v) is 6.15. The van der Waals surface area contributed by atoms with Crippen LogP contribution in [0.1, 0.15) is 40.0 Å². The lowest BCUT2D eigenvalue weighted by atomic mass is 9.93. The Morgan fingerprint density at radius 3 is 2.50 bits per heavy atom. The van der Waals surface area contributed by atoms with Crippen LogP contribution in [0.4, 0.5) is 0 Å². The van der Waals surface area contributed by atoms with Crippen LogP contribution in [0.3, 0.4) is 0 Å². The third-order valence-electron chi connectivity index (χ3n) is 3.77. The summed E-state index contributed by atoms with van der Waals surface area (Å²) >= 11 is 0. The van der Waals surface area contributed by atoms with Crippen LogP contribution in [0.25, 0.3) is 0 Å². The van der Waals surface area contributed by atoms with Crippen molar-refractivity contribution in [1.82, 2.24) is 4.90 Å². The van der Waals surface area contributed by atoms with Crippen molar-refractivity contribution in [2.75, 3.05) is 19.6 Å². The molecule has 0 saturated carbocycles. The van der Waals surface area contributed by atoms with Gasteiger partial charge >= 0.3 is 0 Å². The lowest BCUT2D eigenvalue weighted by Gasteiger charge is -2.36. The Bertz CT molecular complexity index is 154. The highest BCUT2D eigenvalue weighted by Gasteiger charge is 2.23. The van der Waals surface area contributed by atoms with E-state index in [0.717, 1.165) is 12.5 Å². The zero-order valence-electron chi connectivity index (χ0n) is 10.00. The fourth-order valence-corrected chi connectivity index (χ4v) is 2.25. The Morgan fingerprint density at radius 1 is 1.36 bits per heavy atom. The number of hydrogen-bond donors (Lipinski definition) is 1. The molecule has 0 amide bonds. The Labute approximate surface area is 88.8 Å². The molecule has 0 aromatic rings. The highest BCUT2D eigenvalue weighted by molar-refractivity contribution is 4.81. The average Bonchev–Trinajstić information content (AvgIpc) is 2.19. The van der Waals surface area contributed by atoms with Crippen molar-refractivity contribution < 1.29 is 0 Å². The van der Waals surface area contributed by atoms with Crippen molar-refractivity contribution in [3.05, 3.63) is 0 Å². The van der Waals surface area contributed by atoms with Crippen molar-refractivity contribution in [2.24, 2.45) is 17.6 Å². The number of nitrogens with two attached hydrogens (primary N) is 1. The molecule has 1 fully saturated rings. The van der Waals surface area contributed by atoms with Gasteiger partial charge in [-0.3, -0.25) is 0 Å². The molecule has 1 saturated heterocycles. The number of rotatable bonds is 4. The normalized spacial score (nSPS) is 29.8. The average molecular weight is 198 g/mol. The lowest BCUT2D eigenvalue weighted by molar-refractivity contribution is 0.144. The summed E-state index contributed by atoms with van der Waals surface area (Å²) in [6.07, 6.45) is 3.89. The minimum absolute atomic E-state index is 0.401. The summed E-state index contributed by atoms with van der Waals surface area (Å²) in [4.78, 5) is 2.56. The molecule has 0 bridgehead atoms. The van der Waals surface area contributed by atoms with Gasteiger partial charge in [0.2, 0.25) is 0 Å². The van der Waals surface area contributed by atoms with Crippen LogP contribution < -0.4 is 5.73 Å². The van der Waals surface area contributed by atoms with Crippen LogP contribution in [-0.4, -0.2) is 30.6 Å². The summed E-state index contributed by atoms with van der Waals surface area (Å²) < 4.78 is 0. The van der Waals surface area contributed by atoms with Crippen molar-refractivity contribution in [3.8, 4) is 0 Å². The summed E-state index contributed by atoms with van der Waals surface area (Å²) in [5.41, 5.74) is 6.09. The van der Waals surface area contributed by atoms with E-state index in [1.54, 1.807) is 0 Å². The van der Waals surface area contributed by atoms with E-state index < -0.39 is 0 Å². The first-order valence-electron chi connectivity index (χ1n) is 6.15. The van der Waals surface area contributed by atoms with E-state index >= 15 is 0 Å². The van der Waals surface area contributed by atoms with Gasteiger partial charge in [-0.15, -0.1) is 0 Å². The topological polar surface area (TPSA) is 29.3 Å². The molecule has 2 heteroatoms. The maximum Gasteiger partial charge on any atom is 0.0194 e. The van der Waals surface area contributed by atoms with Gasteiger partial charge in [0.25, 0.3) is 0 Å². The number of nitrogens with zero attached hydrogens (tertiary/aromatic N) is 1. The summed E-state index contributed by atoms with van der Waals surface area (Å²) in [6, 6.07) is 0.401. The molecule has 0 aliphatic carbocycles. The maximum absolute atomic E-state index is 6.09. The summed E-state index contributed by atoms with van der Waals surface area (Å²) in [6.45, 7) is 10.5. The van der Waals surface area contributed by atoms with E-state index in [2.05, 4.69) is 25.7 Å². The number of likely N-dealkylation sites (tertiary alicyclic amines) is 1. The highest BCUT2D eigenvalue weighted by atomic mass is 15.1. The molecule has 0 aromatic carbocycles. The molecular weight excluding hydrogens is 172 g/mol. The molecule has 2 atom stereocenters. The zero-order valence-corrected chi connectivity index (χ0v) is 10.00. The predicted molar refractivity (Wildman–Crippen MR) is 62.3 cm³/mol. The molecule has 0 aromatic heterocycles. The van der Waals surface area contributed by atoms with Crippen LogP contribution in [-0.2, 0) is 0 Å². The fraction of sp³-hybridized carbons (Fsp3) is 1.00. The summed E-state index contributed by atoms with van der Waals surface area (Å²) in [7, 11) is 0. The third kappa shape index (κ3) is 3.25. The molecule has 1 aliphatic heterocycles. The van der Waals surface area contributed by atoms with Crippen LogP contribution in [0, 0.1) is 11.8 Å². The molecule has 0 spiro atoms. The SMILES string of the molecule is CCC(CC)CN1CCC(C)C(N)C1. The van der Waals surface area contributed by atoms with Crippen LogP contribution in [0.2, 0.25) is 0 Å². The Balaban J connectivity index is 2.32. The largest absolute Gasteiger partial charge is 0.326 e. The molecule has 84 valence electrons. The van der Waals surface area contributed by atoms with E-state index in [4.69, 9.17) is 5.73 Å². The van der Waals surface area contributed by atoms with E-state index in [1.807, 2.05) is 0 Å². The molecule has 2 N–H and O–H groups in total. The van der Waals surface area contributed by atoms with E-state index in [1.165, 1.54) is 32.4 Å². The second-order valence-electron chi connectivity index (χ2n) is 4.87. The number of hydrogen-bond acceptors (Lipinski definition) is 2. The second-order valence-corrected chi connectivity index (χ2v) is 4.87. The third-order valence-corrected chi connectivity index (χ3v) is 3.77. The van der Waals surface area contributed by atoms with Gasteiger partial charge in [0.05, 0.1) is 0 Å². The smallest absolute Gasteiger partial charge is 0.0194 e. The van der Waals surface area contributed by atoms with Crippen LogP contribution >= 0.6 is 0 Å². The van der Waals surface area contributed by atoms with E-state index in [0.29, 0.717) is 12.0 Å². The van der Waals surface area contributed by atoms with Gasteiger partial charge in [-0.05, 0) is 24.8 Å². The van der Waals surface area contributed by atoms with Crippen molar-refractivity contribution in [1.29, 1.82) is 0 Å². The molecular formula is C12H26N2. The molecule has 2 nitrogen and oxygen atoms in total. The quantitative estimate of drug-likeness (QED) is 0.749. The van der Waals surface area contributed by atoms with Crippen LogP contribution in [0.5, 0.6) is 0 Å². The van der Waals surface area contributed by atoms with Gasteiger partial charge in [-0.25, -0.2) is 0 Å². The van der Waals surface area contributed by atoms with Crippen molar-refractivity contribution in [3.63, 3.8) is 0 Å². The zero-order chi connectivity index (χ0) is 10.6. The van der Waals surface area contributed by atoms with Gasteiger partial charge in [-0.1, -0.05) is 33.6 Å². The monoisotopic (exact) mass is 198 g/mol.